The van der Waals surface area contributed by atoms with Gasteiger partial charge in [0.05, 0.1) is 0 Å². The van der Waals surface area contributed by atoms with E-state index in [4.69, 9.17) is 11.6 Å². The van der Waals surface area contributed by atoms with Crippen LogP contribution in [0.15, 0.2) is 24.5 Å². The first-order valence-electron chi connectivity index (χ1n) is 5.56. The van der Waals surface area contributed by atoms with Crippen LogP contribution in [0.2, 0.25) is 5.02 Å². The van der Waals surface area contributed by atoms with Gasteiger partial charge in [-0.05, 0) is 51.5 Å². The number of nitrogens with zero attached hydrogens (tertiary/aromatic N) is 3. The van der Waals surface area contributed by atoms with Crippen LogP contribution in [0.4, 0.5) is 0 Å². The van der Waals surface area contributed by atoms with Crippen molar-refractivity contribution in [3.63, 3.8) is 0 Å². The molecule has 90 valence electrons. The molecule has 0 unspecified atom stereocenters. The second kappa shape index (κ2) is 4.15. The lowest BCUT2D eigenvalue weighted by atomic mass is 10.1. The van der Waals surface area contributed by atoms with E-state index in [-0.39, 0.29) is 5.54 Å². The van der Waals surface area contributed by atoms with Gasteiger partial charge in [0.25, 0.3) is 0 Å². The van der Waals surface area contributed by atoms with Crippen molar-refractivity contribution in [2.75, 3.05) is 0 Å². The maximum atomic E-state index is 6.03. The van der Waals surface area contributed by atoms with Gasteiger partial charge in [0.2, 0.25) is 0 Å². The summed E-state index contributed by atoms with van der Waals surface area (Å²) < 4.78 is 2.07. The molecule has 0 bridgehead atoms. The molecule has 3 nitrogen and oxygen atoms in total. The number of aromatic nitrogens is 3. The van der Waals surface area contributed by atoms with Crippen molar-refractivity contribution < 1.29 is 0 Å². The van der Waals surface area contributed by atoms with E-state index in [1.165, 1.54) is 0 Å². The quantitative estimate of drug-likeness (QED) is 0.772. The number of benzene rings is 1. The molecule has 0 amide bonds. The molecule has 0 aliphatic carbocycles. The Balaban J connectivity index is 2.54. The summed E-state index contributed by atoms with van der Waals surface area (Å²) in [5, 5.41) is 8.96. The van der Waals surface area contributed by atoms with Crippen molar-refractivity contribution in [3.8, 4) is 11.4 Å². The molecule has 0 spiro atoms. The highest BCUT2D eigenvalue weighted by Crippen LogP contribution is 2.26. The first kappa shape index (κ1) is 12.1. The third-order valence-electron chi connectivity index (χ3n) is 2.69. The van der Waals surface area contributed by atoms with Gasteiger partial charge in [0, 0.05) is 16.1 Å². The normalized spacial score (nSPS) is 11.8. The van der Waals surface area contributed by atoms with Crippen molar-refractivity contribution in [1.82, 2.24) is 14.8 Å². The van der Waals surface area contributed by atoms with Crippen LogP contribution in [-0.2, 0) is 5.54 Å². The first-order valence-corrected chi connectivity index (χ1v) is 5.94. The molecule has 4 heteroatoms. The number of halogens is 1. The van der Waals surface area contributed by atoms with Gasteiger partial charge in [-0.1, -0.05) is 11.6 Å². The number of hydrogen-bond acceptors (Lipinski definition) is 2. The van der Waals surface area contributed by atoms with Gasteiger partial charge < -0.3 is 4.57 Å². The summed E-state index contributed by atoms with van der Waals surface area (Å²) in [7, 11) is 0. The largest absolute Gasteiger partial charge is 0.308 e. The molecule has 1 aromatic carbocycles. The van der Waals surface area contributed by atoms with Crippen LogP contribution >= 0.6 is 11.6 Å². The molecule has 0 N–H and O–H groups in total. The van der Waals surface area contributed by atoms with Gasteiger partial charge in [0.15, 0.2) is 5.82 Å². The standard InChI is InChI=1S/C13H16ClN3/c1-9-7-10(5-6-11(9)14)12-16-15-8-17(12)13(2,3)4/h5-8H,1-4H3. The Bertz CT molecular complexity index is 538. The summed E-state index contributed by atoms with van der Waals surface area (Å²) in [4.78, 5) is 0. The van der Waals surface area contributed by atoms with Crippen molar-refractivity contribution >= 4 is 11.6 Å². The van der Waals surface area contributed by atoms with Gasteiger partial charge in [-0.15, -0.1) is 10.2 Å². The minimum atomic E-state index is -0.0353. The predicted molar refractivity (Wildman–Crippen MR) is 70.2 cm³/mol. The zero-order chi connectivity index (χ0) is 12.6. The van der Waals surface area contributed by atoms with Gasteiger partial charge in [-0.3, -0.25) is 0 Å². The molecule has 0 saturated heterocycles. The lowest BCUT2D eigenvalue weighted by molar-refractivity contribution is 0.400. The summed E-state index contributed by atoms with van der Waals surface area (Å²) in [6.07, 6.45) is 1.76. The van der Waals surface area contributed by atoms with Crippen LogP contribution in [0.1, 0.15) is 26.3 Å². The Morgan fingerprint density at radius 3 is 2.53 bits per heavy atom. The highest BCUT2D eigenvalue weighted by atomic mass is 35.5. The average Bonchev–Trinajstić information content (AvgIpc) is 2.70. The minimum absolute atomic E-state index is 0.0353. The summed E-state index contributed by atoms with van der Waals surface area (Å²) in [6, 6.07) is 5.91. The molecule has 0 aliphatic rings. The van der Waals surface area contributed by atoms with Crippen molar-refractivity contribution in [3.05, 3.63) is 35.1 Å². The molecule has 0 saturated carbocycles. The van der Waals surface area contributed by atoms with Crippen molar-refractivity contribution in [2.45, 2.75) is 33.2 Å². The summed E-state index contributed by atoms with van der Waals surface area (Å²) in [6.45, 7) is 8.37. The second-order valence-electron chi connectivity index (χ2n) is 5.16. The van der Waals surface area contributed by atoms with Crippen LogP contribution in [0.25, 0.3) is 11.4 Å². The van der Waals surface area contributed by atoms with Gasteiger partial charge in [0.1, 0.15) is 6.33 Å². The fourth-order valence-corrected chi connectivity index (χ4v) is 1.82. The SMILES string of the molecule is Cc1cc(-c2nncn2C(C)(C)C)ccc1Cl. The van der Waals surface area contributed by atoms with Gasteiger partial charge in [-0.2, -0.15) is 0 Å². The van der Waals surface area contributed by atoms with E-state index in [2.05, 4.69) is 35.5 Å². The first-order chi connectivity index (χ1) is 7.89. The fourth-order valence-electron chi connectivity index (χ4n) is 1.71. The molecular weight excluding hydrogens is 234 g/mol. The summed E-state index contributed by atoms with van der Waals surface area (Å²) in [5.41, 5.74) is 2.05. The van der Waals surface area contributed by atoms with Crippen LogP contribution in [0.3, 0.4) is 0 Å². The molecule has 0 radical (unpaired) electrons. The van der Waals surface area contributed by atoms with E-state index in [1.54, 1.807) is 6.33 Å². The lowest BCUT2D eigenvalue weighted by Crippen LogP contribution is -2.21. The third kappa shape index (κ3) is 2.34. The van der Waals surface area contributed by atoms with E-state index < -0.39 is 0 Å². The smallest absolute Gasteiger partial charge is 0.164 e. The Labute approximate surface area is 106 Å². The zero-order valence-electron chi connectivity index (χ0n) is 10.5. The highest BCUT2D eigenvalue weighted by Gasteiger charge is 2.18. The molecule has 17 heavy (non-hydrogen) atoms. The van der Waals surface area contributed by atoms with Crippen LogP contribution in [0.5, 0.6) is 0 Å². The molecule has 1 heterocycles. The topological polar surface area (TPSA) is 30.7 Å². The Morgan fingerprint density at radius 1 is 1.24 bits per heavy atom. The van der Waals surface area contributed by atoms with E-state index in [0.717, 1.165) is 22.0 Å². The Morgan fingerprint density at radius 2 is 1.94 bits per heavy atom. The molecular formula is C13H16ClN3. The fraction of sp³-hybridized carbons (Fsp3) is 0.385. The molecule has 0 fully saturated rings. The Kier molecular flexibility index (Phi) is 2.96. The maximum absolute atomic E-state index is 6.03. The maximum Gasteiger partial charge on any atom is 0.164 e. The van der Waals surface area contributed by atoms with Crippen LogP contribution in [0, 0.1) is 6.92 Å². The minimum Gasteiger partial charge on any atom is -0.308 e. The van der Waals surface area contributed by atoms with Crippen molar-refractivity contribution in [2.24, 2.45) is 0 Å². The van der Waals surface area contributed by atoms with E-state index in [1.807, 2.05) is 25.1 Å². The lowest BCUT2D eigenvalue weighted by Gasteiger charge is -2.22. The number of rotatable bonds is 1. The molecule has 0 aliphatic heterocycles. The number of aryl methyl sites for hydroxylation is 1. The highest BCUT2D eigenvalue weighted by molar-refractivity contribution is 6.31. The van der Waals surface area contributed by atoms with Gasteiger partial charge >= 0.3 is 0 Å². The monoisotopic (exact) mass is 249 g/mol. The summed E-state index contributed by atoms with van der Waals surface area (Å²) in [5.74, 6) is 0.872. The van der Waals surface area contributed by atoms with Gasteiger partial charge in [-0.25, -0.2) is 0 Å². The molecule has 1 aromatic heterocycles. The Hall–Kier alpha value is -1.35. The third-order valence-corrected chi connectivity index (χ3v) is 3.11. The molecule has 2 aromatic rings. The predicted octanol–water partition coefficient (Wildman–Crippen LogP) is 3.66. The second-order valence-corrected chi connectivity index (χ2v) is 5.57. The van der Waals surface area contributed by atoms with Crippen LogP contribution < -0.4 is 0 Å². The zero-order valence-corrected chi connectivity index (χ0v) is 11.3. The summed E-state index contributed by atoms with van der Waals surface area (Å²) >= 11 is 6.03. The van der Waals surface area contributed by atoms with Crippen LogP contribution in [-0.4, -0.2) is 14.8 Å². The van der Waals surface area contributed by atoms with Crippen molar-refractivity contribution in [1.29, 1.82) is 0 Å². The molecule has 0 atom stereocenters. The average molecular weight is 250 g/mol. The van der Waals surface area contributed by atoms with E-state index in [0.29, 0.717) is 0 Å². The van der Waals surface area contributed by atoms with E-state index in [9.17, 15) is 0 Å². The van der Waals surface area contributed by atoms with E-state index >= 15 is 0 Å². The number of hydrogen-bond donors (Lipinski definition) is 0. The molecule has 2 rings (SSSR count).